The smallest absolute Gasteiger partial charge is 0.188 e. The summed E-state index contributed by atoms with van der Waals surface area (Å²) in [5.41, 5.74) is 1.40. The Bertz CT molecular complexity index is 578. The molecule has 18 heavy (non-hydrogen) atoms. The van der Waals surface area contributed by atoms with Crippen LogP contribution in [0.15, 0.2) is 35.6 Å². The van der Waals surface area contributed by atoms with Gasteiger partial charge in [0.05, 0.1) is 10.0 Å². The van der Waals surface area contributed by atoms with Crippen molar-refractivity contribution in [2.75, 3.05) is 0 Å². The quantitative estimate of drug-likeness (QED) is 0.488. The van der Waals surface area contributed by atoms with Gasteiger partial charge in [0.2, 0.25) is 0 Å². The molecule has 1 aromatic heterocycles. The lowest BCUT2D eigenvalue weighted by Crippen LogP contribution is -1.92. The van der Waals surface area contributed by atoms with Crippen molar-refractivity contribution in [2.45, 2.75) is 10.9 Å². The summed E-state index contributed by atoms with van der Waals surface area (Å²) in [7, 11) is 0. The zero-order valence-electron chi connectivity index (χ0n) is 9.14. The molecule has 0 atom stereocenters. The second-order valence-corrected chi connectivity index (χ2v) is 5.18. The van der Waals surface area contributed by atoms with Gasteiger partial charge in [0, 0.05) is 11.9 Å². The fourth-order valence-electron chi connectivity index (χ4n) is 1.27. The zero-order chi connectivity index (χ0) is 13.0. The van der Waals surface area contributed by atoms with Gasteiger partial charge in [-0.3, -0.25) is 4.79 Å². The maximum atomic E-state index is 10.6. The predicted octanol–water partition coefficient (Wildman–Crippen LogP) is 3.89. The predicted molar refractivity (Wildman–Crippen MR) is 73.4 cm³/mol. The summed E-state index contributed by atoms with van der Waals surface area (Å²) in [5, 5.41) is 1.62. The average molecular weight is 299 g/mol. The van der Waals surface area contributed by atoms with E-state index in [9.17, 15) is 4.79 Å². The van der Waals surface area contributed by atoms with E-state index in [-0.39, 0.29) is 0 Å². The second-order valence-electron chi connectivity index (χ2n) is 3.42. The SMILES string of the molecule is O=Cc1ccnc(SCc2ccc(Cl)c(Cl)c2)n1. The molecule has 0 radical (unpaired) electrons. The van der Waals surface area contributed by atoms with Crippen molar-refractivity contribution >= 4 is 41.2 Å². The summed E-state index contributed by atoms with van der Waals surface area (Å²) in [6, 6.07) is 7.02. The highest BCUT2D eigenvalue weighted by Crippen LogP contribution is 2.26. The third-order valence-electron chi connectivity index (χ3n) is 2.13. The first-order valence-corrected chi connectivity index (χ1v) is 6.78. The van der Waals surface area contributed by atoms with Gasteiger partial charge in [-0.25, -0.2) is 9.97 Å². The van der Waals surface area contributed by atoms with Crippen LogP contribution in [0.2, 0.25) is 10.0 Å². The highest BCUT2D eigenvalue weighted by atomic mass is 35.5. The third-order valence-corrected chi connectivity index (χ3v) is 3.80. The van der Waals surface area contributed by atoms with Gasteiger partial charge in [0.15, 0.2) is 11.4 Å². The van der Waals surface area contributed by atoms with E-state index in [0.717, 1.165) is 5.56 Å². The Kier molecular flexibility index (Phi) is 4.58. The second kappa shape index (κ2) is 6.18. The molecule has 92 valence electrons. The fraction of sp³-hybridized carbons (Fsp3) is 0.0833. The maximum absolute atomic E-state index is 10.6. The van der Waals surface area contributed by atoms with Gasteiger partial charge in [-0.2, -0.15) is 0 Å². The molecule has 2 rings (SSSR count). The molecular formula is C12H8Cl2N2OS. The number of hydrogen-bond acceptors (Lipinski definition) is 4. The minimum absolute atomic E-state index is 0.377. The van der Waals surface area contributed by atoms with E-state index >= 15 is 0 Å². The van der Waals surface area contributed by atoms with Crippen molar-refractivity contribution in [3.05, 3.63) is 51.8 Å². The maximum Gasteiger partial charge on any atom is 0.188 e. The number of nitrogens with zero attached hydrogens (tertiary/aromatic N) is 2. The van der Waals surface area contributed by atoms with Crippen molar-refractivity contribution in [3.8, 4) is 0 Å². The number of rotatable bonds is 4. The standard InChI is InChI=1S/C12H8Cl2N2OS/c13-10-2-1-8(5-11(10)14)7-18-12-15-4-3-9(6-17)16-12/h1-6H,7H2. The van der Waals surface area contributed by atoms with Crippen molar-refractivity contribution in [2.24, 2.45) is 0 Å². The summed E-state index contributed by atoms with van der Waals surface area (Å²) in [5.74, 6) is 0.666. The van der Waals surface area contributed by atoms with Gasteiger partial charge in [0.25, 0.3) is 0 Å². The molecule has 2 aromatic rings. The van der Waals surface area contributed by atoms with E-state index in [1.807, 2.05) is 6.07 Å². The van der Waals surface area contributed by atoms with E-state index in [0.29, 0.717) is 32.9 Å². The number of carbonyl (C=O) groups is 1. The van der Waals surface area contributed by atoms with Crippen LogP contribution in [-0.4, -0.2) is 16.3 Å². The van der Waals surface area contributed by atoms with Crippen LogP contribution in [0.25, 0.3) is 0 Å². The van der Waals surface area contributed by atoms with Gasteiger partial charge < -0.3 is 0 Å². The third kappa shape index (κ3) is 3.45. The van der Waals surface area contributed by atoms with Crippen molar-refractivity contribution < 1.29 is 4.79 Å². The van der Waals surface area contributed by atoms with Crippen LogP contribution in [0.5, 0.6) is 0 Å². The lowest BCUT2D eigenvalue weighted by atomic mass is 10.2. The first-order chi connectivity index (χ1) is 8.69. The number of aromatic nitrogens is 2. The monoisotopic (exact) mass is 298 g/mol. The van der Waals surface area contributed by atoms with Crippen LogP contribution >= 0.6 is 35.0 Å². The molecule has 0 fully saturated rings. The topological polar surface area (TPSA) is 42.9 Å². The van der Waals surface area contributed by atoms with Crippen LogP contribution in [0.3, 0.4) is 0 Å². The molecule has 0 saturated carbocycles. The average Bonchev–Trinajstić information content (AvgIpc) is 2.40. The van der Waals surface area contributed by atoms with E-state index in [1.165, 1.54) is 11.8 Å². The summed E-state index contributed by atoms with van der Waals surface area (Å²) >= 11 is 13.2. The Balaban J connectivity index is 2.06. The number of aldehydes is 1. The molecule has 6 heteroatoms. The summed E-state index contributed by atoms with van der Waals surface area (Å²) < 4.78 is 0. The van der Waals surface area contributed by atoms with E-state index in [2.05, 4.69) is 9.97 Å². The van der Waals surface area contributed by atoms with Gasteiger partial charge in [-0.15, -0.1) is 0 Å². The van der Waals surface area contributed by atoms with E-state index in [4.69, 9.17) is 23.2 Å². The van der Waals surface area contributed by atoms with Crippen LogP contribution in [-0.2, 0) is 5.75 Å². The van der Waals surface area contributed by atoms with E-state index < -0.39 is 0 Å². The molecule has 0 aliphatic heterocycles. The van der Waals surface area contributed by atoms with Crippen LogP contribution in [0, 0.1) is 0 Å². The Hall–Kier alpha value is -1.10. The molecule has 0 amide bonds. The number of hydrogen-bond donors (Lipinski definition) is 0. The molecule has 0 unspecified atom stereocenters. The van der Waals surface area contributed by atoms with Crippen molar-refractivity contribution in [1.82, 2.24) is 9.97 Å². The molecule has 3 nitrogen and oxygen atoms in total. The molecule has 0 aliphatic rings. The van der Waals surface area contributed by atoms with E-state index in [1.54, 1.807) is 24.4 Å². The lowest BCUT2D eigenvalue weighted by Gasteiger charge is -2.02. The van der Waals surface area contributed by atoms with Gasteiger partial charge in [-0.05, 0) is 23.8 Å². The molecule has 0 N–H and O–H groups in total. The molecule has 0 saturated heterocycles. The molecule has 1 aromatic carbocycles. The van der Waals surface area contributed by atoms with Crippen molar-refractivity contribution in [3.63, 3.8) is 0 Å². The number of thioether (sulfide) groups is 1. The Morgan fingerprint density at radius 2 is 2.06 bits per heavy atom. The number of benzene rings is 1. The normalized spacial score (nSPS) is 10.3. The highest BCUT2D eigenvalue weighted by Gasteiger charge is 2.03. The lowest BCUT2D eigenvalue weighted by molar-refractivity contribution is 0.111. The first-order valence-electron chi connectivity index (χ1n) is 5.04. The minimum atomic E-state index is 0.377. The highest BCUT2D eigenvalue weighted by molar-refractivity contribution is 7.98. The molecular weight excluding hydrogens is 291 g/mol. The Morgan fingerprint density at radius 1 is 1.22 bits per heavy atom. The summed E-state index contributed by atoms with van der Waals surface area (Å²) in [6.45, 7) is 0. The molecule has 0 bridgehead atoms. The Labute approximate surface area is 119 Å². The summed E-state index contributed by atoms with van der Waals surface area (Å²) in [6.07, 6.45) is 2.26. The minimum Gasteiger partial charge on any atom is -0.296 e. The molecule has 1 heterocycles. The summed E-state index contributed by atoms with van der Waals surface area (Å²) in [4.78, 5) is 18.7. The van der Waals surface area contributed by atoms with Crippen molar-refractivity contribution in [1.29, 1.82) is 0 Å². The van der Waals surface area contributed by atoms with Crippen LogP contribution in [0.1, 0.15) is 16.1 Å². The molecule has 0 aliphatic carbocycles. The zero-order valence-corrected chi connectivity index (χ0v) is 11.5. The first kappa shape index (κ1) is 13.3. The Morgan fingerprint density at radius 3 is 2.78 bits per heavy atom. The fourth-order valence-corrected chi connectivity index (χ4v) is 2.37. The largest absolute Gasteiger partial charge is 0.296 e. The van der Waals surface area contributed by atoms with Gasteiger partial charge in [-0.1, -0.05) is 41.0 Å². The van der Waals surface area contributed by atoms with Crippen LogP contribution < -0.4 is 0 Å². The number of carbonyl (C=O) groups excluding carboxylic acids is 1. The van der Waals surface area contributed by atoms with Crippen LogP contribution in [0.4, 0.5) is 0 Å². The number of halogens is 2. The molecule has 0 spiro atoms. The van der Waals surface area contributed by atoms with Gasteiger partial charge >= 0.3 is 0 Å². The van der Waals surface area contributed by atoms with Gasteiger partial charge in [0.1, 0.15) is 5.69 Å².